The largest absolute Gasteiger partial charge is 0.478 e. The standard InChI is InChI=1S/C15H11NO3/c1-9-2-3-10-7-14(19-13(10)6-9)12-5-4-11(8-16-12)15(17)18/h2-8H,1H3,(H,17,18). The van der Waals surface area contributed by atoms with Crippen molar-refractivity contribution in [2.45, 2.75) is 6.92 Å². The van der Waals surface area contributed by atoms with Gasteiger partial charge in [0.25, 0.3) is 0 Å². The highest BCUT2D eigenvalue weighted by atomic mass is 16.4. The lowest BCUT2D eigenvalue weighted by molar-refractivity contribution is 0.0696. The molecule has 0 radical (unpaired) electrons. The lowest BCUT2D eigenvalue weighted by atomic mass is 10.2. The molecule has 0 fully saturated rings. The second-order valence-corrected chi connectivity index (χ2v) is 4.39. The minimum absolute atomic E-state index is 0.163. The molecule has 2 aromatic heterocycles. The number of hydrogen-bond acceptors (Lipinski definition) is 3. The molecule has 0 aliphatic carbocycles. The van der Waals surface area contributed by atoms with Crippen LogP contribution in [-0.2, 0) is 0 Å². The first-order chi connectivity index (χ1) is 9.13. The number of carboxylic acids is 1. The summed E-state index contributed by atoms with van der Waals surface area (Å²) >= 11 is 0. The van der Waals surface area contributed by atoms with Gasteiger partial charge in [0.1, 0.15) is 11.3 Å². The highest BCUT2D eigenvalue weighted by Gasteiger charge is 2.09. The van der Waals surface area contributed by atoms with Gasteiger partial charge in [-0.2, -0.15) is 0 Å². The van der Waals surface area contributed by atoms with Gasteiger partial charge in [0, 0.05) is 11.6 Å². The second kappa shape index (κ2) is 4.24. The Morgan fingerprint density at radius 2 is 2.05 bits per heavy atom. The summed E-state index contributed by atoms with van der Waals surface area (Å²) in [6, 6.07) is 11.0. The van der Waals surface area contributed by atoms with Crippen LogP contribution < -0.4 is 0 Å². The van der Waals surface area contributed by atoms with E-state index in [0.29, 0.717) is 11.5 Å². The summed E-state index contributed by atoms with van der Waals surface area (Å²) in [6.07, 6.45) is 1.33. The van der Waals surface area contributed by atoms with E-state index >= 15 is 0 Å². The number of nitrogens with zero attached hydrogens (tertiary/aromatic N) is 1. The van der Waals surface area contributed by atoms with E-state index in [1.807, 2.05) is 31.2 Å². The van der Waals surface area contributed by atoms with Crippen LogP contribution in [0.1, 0.15) is 15.9 Å². The Bertz CT molecular complexity index is 757. The Kier molecular flexibility index (Phi) is 2.56. The molecule has 3 rings (SSSR count). The van der Waals surface area contributed by atoms with Crippen LogP contribution >= 0.6 is 0 Å². The molecule has 0 spiro atoms. The maximum Gasteiger partial charge on any atom is 0.337 e. The summed E-state index contributed by atoms with van der Waals surface area (Å²) < 4.78 is 5.73. The van der Waals surface area contributed by atoms with Crippen LogP contribution in [-0.4, -0.2) is 16.1 Å². The van der Waals surface area contributed by atoms with Crippen molar-refractivity contribution in [2.24, 2.45) is 0 Å². The molecule has 0 bridgehead atoms. The number of carboxylic acid groups (broad SMARTS) is 1. The van der Waals surface area contributed by atoms with Crippen LogP contribution in [0.3, 0.4) is 0 Å². The zero-order valence-corrected chi connectivity index (χ0v) is 10.3. The summed E-state index contributed by atoms with van der Waals surface area (Å²) in [4.78, 5) is 14.9. The molecule has 19 heavy (non-hydrogen) atoms. The fourth-order valence-corrected chi connectivity index (χ4v) is 1.93. The van der Waals surface area contributed by atoms with E-state index in [9.17, 15) is 4.79 Å². The Hall–Kier alpha value is -2.62. The monoisotopic (exact) mass is 253 g/mol. The number of hydrogen-bond donors (Lipinski definition) is 1. The predicted octanol–water partition coefficient (Wildman–Crippen LogP) is 3.50. The molecule has 0 aliphatic rings. The fraction of sp³-hybridized carbons (Fsp3) is 0.0667. The molecule has 0 atom stereocenters. The lowest BCUT2D eigenvalue weighted by Crippen LogP contribution is -1.96. The van der Waals surface area contributed by atoms with E-state index in [4.69, 9.17) is 9.52 Å². The number of carbonyl (C=O) groups is 1. The van der Waals surface area contributed by atoms with E-state index < -0.39 is 5.97 Å². The van der Waals surface area contributed by atoms with Gasteiger partial charge in [-0.25, -0.2) is 4.79 Å². The first kappa shape index (κ1) is 11.5. The number of aromatic carboxylic acids is 1. The van der Waals surface area contributed by atoms with E-state index in [-0.39, 0.29) is 5.56 Å². The van der Waals surface area contributed by atoms with Gasteiger partial charge in [-0.3, -0.25) is 4.98 Å². The Balaban J connectivity index is 2.06. The molecule has 0 saturated heterocycles. The third-order valence-corrected chi connectivity index (χ3v) is 2.94. The lowest BCUT2D eigenvalue weighted by Gasteiger charge is -1.96. The second-order valence-electron chi connectivity index (χ2n) is 4.39. The van der Waals surface area contributed by atoms with Gasteiger partial charge >= 0.3 is 5.97 Å². The zero-order valence-electron chi connectivity index (χ0n) is 10.3. The van der Waals surface area contributed by atoms with Gasteiger partial charge in [0.05, 0.1) is 5.56 Å². The Labute approximate surface area is 109 Å². The average molecular weight is 253 g/mol. The first-order valence-electron chi connectivity index (χ1n) is 5.83. The molecule has 0 aliphatic heterocycles. The summed E-state index contributed by atoms with van der Waals surface area (Å²) in [5.41, 5.74) is 2.72. The van der Waals surface area contributed by atoms with Crippen LogP contribution in [0.15, 0.2) is 47.0 Å². The molecule has 0 amide bonds. The third kappa shape index (κ3) is 2.08. The SMILES string of the molecule is Cc1ccc2cc(-c3ccc(C(=O)O)cn3)oc2c1. The van der Waals surface area contributed by atoms with Crippen molar-refractivity contribution >= 4 is 16.9 Å². The summed E-state index contributed by atoms with van der Waals surface area (Å²) in [7, 11) is 0. The normalized spacial score (nSPS) is 10.8. The van der Waals surface area contributed by atoms with E-state index in [1.165, 1.54) is 12.3 Å². The van der Waals surface area contributed by atoms with Crippen molar-refractivity contribution in [3.05, 3.63) is 53.7 Å². The number of aryl methyl sites for hydroxylation is 1. The Morgan fingerprint density at radius 3 is 2.74 bits per heavy atom. The van der Waals surface area contributed by atoms with Crippen LogP contribution in [0.5, 0.6) is 0 Å². The topological polar surface area (TPSA) is 63.3 Å². The quantitative estimate of drug-likeness (QED) is 0.759. The number of fused-ring (bicyclic) bond motifs is 1. The molecule has 1 aromatic carbocycles. The number of aromatic nitrogens is 1. The van der Waals surface area contributed by atoms with Gasteiger partial charge in [-0.05, 0) is 36.8 Å². The maximum atomic E-state index is 10.8. The molecule has 3 aromatic rings. The van der Waals surface area contributed by atoms with Gasteiger partial charge in [0.2, 0.25) is 0 Å². The molecule has 2 heterocycles. The molecule has 0 saturated carbocycles. The van der Waals surface area contributed by atoms with Gasteiger partial charge in [-0.1, -0.05) is 12.1 Å². The van der Waals surface area contributed by atoms with Gasteiger partial charge in [0.15, 0.2) is 5.76 Å². The molecule has 1 N–H and O–H groups in total. The van der Waals surface area contributed by atoms with Crippen molar-refractivity contribution in [3.8, 4) is 11.5 Å². The van der Waals surface area contributed by atoms with E-state index in [0.717, 1.165) is 16.5 Å². The number of pyridine rings is 1. The molecule has 0 unspecified atom stereocenters. The number of benzene rings is 1. The van der Waals surface area contributed by atoms with Gasteiger partial charge in [-0.15, -0.1) is 0 Å². The smallest absolute Gasteiger partial charge is 0.337 e. The number of furan rings is 1. The summed E-state index contributed by atoms with van der Waals surface area (Å²) in [5, 5.41) is 9.83. The van der Waals surface area contributed by atoms with Crippen LogP contribution in [0.25, 0.3) is 22.4 Å². The average Bonchev–Trinajstić information content (AvgIpc) is 2.81. The minimum Gasteiger partial charge on any atom is -0.478 e. The fourth-order valence-electron chi connectivity index (χ4n) is 1.93. The highest BCUT2D eigenvalue weighted by Crippen LogP contribution is 2.27. The van der Waals surface area contributed by atoms with Crippen molar-refractivity contribution in [1.82, 2.24) is 4.98 Å². The van der Waals surface area contributed by atoms with Crippen molar-refractivity contribution in [3.63, 3.8) is 0 Å². The Morgan fingerprint density at radius 1 is 1.21 bits per heavy atom. The maximum absolute atomic E-state index is 10.8. The molecular formula is C15H11NO3. The zero-order chi connectivity index (χ0) is 13.4. The van der Waals surface area contributed by atoms with E-state index in [2.05, 4.69) is 4.98 Å². The van der Waals surface area contributed by atoms with Crippen LogP contribution in [0, 0.1) is 6.92 Å². The van der Waals surface area contributed by atoms with Crippen LogP contribution in [0.2, 0.25) is 0 Å². The van der Waals surface area contributed by atoms with Crippen molar-refractivity contribution < 1.29 is 14.3 Å². The molecule has 94 valence electrons. The third-order valence-electron chi connectivity index (χ3n) is 2.94. The minimum atomic E-state index is -0.987. The molecule has 4 nitrogen and oxygen atoms in total. The van der Waals surface area contributed by atoms with E-state index in [1.54, 1.807) is 6.07 Å². The number of rotatable bonds is 2. The molecule has 4 heteroatoms. The predicted molar refractivity (Wildman–Crippen MR) is 71.1 cm³/mol. The molecular weight excluding hydrogens is 242 g/mol. The van der Waals surface area contributed by atoms with Gasteiger partial charge < -0.3 is 9.52 Å². The van der Waals surface area contributed by atoms with Crippen molar-refractivity contribution in [1.29, 1.82) is 0 Å². The summed E-state index contributed by atoms with van der Waals surface area (Å²) in [5.74, 6) is -0.350. The van der Waals surface area contributed by atoms with Crippen LogP contribution in [0.4, 0.5) is 0 Å². The van der Waals surface area contributed by atoms with Crippen molar-refractivity contribution in [2.75, 3.05) is 0 Å². The highest BCUT2D eigenvalue weighted by molar-refractivity contribution is 5.88. The first-order valence-corrected chi connectivity index (χ1v) is 5.83. The summed E-state index contributed by atoms with van der Waals surface area (Å²) in [6.45, 7) is 2.00.